The van der Waals surface area contributed by atoms with Gasteiger partial charge in [0.1, 0.15) is 24.1 Å². The number of alkyl halides is 4. The van der Waals surface area contributed by atoms with E-state index in [-0.39, 0.29) is 17.8 Å². The molecule has 3 aromatic rings. The Bertz CT molecular complexity index is 1280. The van der Waals surface area contributed by atoms with Gasteiger partial charge in [-0.05, 0) is 51.1 Å². The van der Waals surface area contributed by atoms with Gasteiger partial charge in [0, 0.05) is 31.4 Å². The minimum atomic E-state index is -4.83. The standard InChI is InChI=1S/C26H30F5N7O/c1-2-39-23-13-32-16-33-24(23)35-38-9-6-18(21(28)14-38)25-34-22(15-37(25)11-10-36-7-3-8-36)17-4-5-20(27)19(12-17)26(29,30)31/h4-5,12-13,15-16,18,21H,2-3,6-11,14H2,1H3,(H,32,33,35). The van der Waals surface area contributed by atoms with E-state index >= 15 is 4.39 Å². The second kappa shape index (κ2) is 11.4. The Morgan fingerprint density at radius 3 is 2.67 bits per heavy atom. The van der Waals surface area contributed by atoms with Crippen molar-refractivity contribution in [3.63, 3.8) is 0 Å². The summed E-state index contributed by atoms with van der Waals surface area (Å²) in [6.45, 7) is 6.00. The molecule has 0 saturated carbocycles. The molecule has 4 heterocycles. The van der Waals surface area contributed by atoms with E-state index in [0.717, 1.165) is 38.2 Å². The van der Waals surface area contributed by atoms with Crippen molar-refractivity contribution in [1.82, 2.24) is 29.4 Å². The van der Waals surface area contributed by atoms with E-state index in [2.05, 4.69) is 25.3 Å². The van der Waals surface area contributed by atoms with Gasteiger partial charge in [-0.15, -0.1) is 0 Å². The Balaban J connectivity index is 1.37. The first-order valence-electron chi connectivity index (χ1n) is 13.0. The third-order valence-electron chi connectivity index (χ3n) is 7.10. The molecule has 0 radical (unpaired) electrons. The molecular weight excluding hydrogens is 521 g/mol. The molecule has 2 fully saturated rings. The summed E-state index contributed by atoms with van der Waals surface area (Å²) >= 11 is 0. The number of rotatable bonds is 9. The lowest BCUT2D eigenvalue weighted by Gasteiger charge is -2.35. The van der Waals surface area contributed by atoms with E-state index in [4.69, 9.17) is 4.74 Å². The van der Waals surface area contributed by atoms with Gasteiger partial charge in [0.25, 0.3) is 0 Å². The van der Waals surface area contributed by atoms with Gasteiger partial charge in [0.2, 0.25) is 0 Å². The molecular formula is C26H30F5N7O. The molecule has 210 valence electrons. The number of anilines is 1. The summed E-state index contributed by atoms with van der Waals surface area (Å²) in [5.41, 5.74) is 2.15. The van der Waals surface area contributed by atoms with E-state index in [0.29, 0.717) is 43.5 Å². The first-order valence-corrected chi connectivity index (χ1v) is 13.0. The van der Waals surface area contributed by atoms with Crippen LogP contribution in [0.1, 0.15) is 37.1 Å². The number of hydrazine groups is 1. The van der Waals surface area contributed by atoms with E-state index in [9.17, 15) is 17.6 Å². The molecule has 2 atom stereocenters. The lowest BCUT2D eigenvalue weighted by molar-refractivity contribution is -0.139. The van der Waals surface area contributed by atoms with Crippen LogP contribution < -0.4 is 10.2 Å². The molecule has 39 heavy (non-hydrogen) atoms. The minimum absolute atomic E-state index is 0.0450. The number of imidazole rings is 1. The van der Waals surface area contributed by atoms with Crippen LogP contribution in [-0.2, 0) is 12.7 Å². The maximum Gasteiger partial charge on any atom is 0.419 e. The number of ether oxygens (including phenoxy) is 1. The zero-order valence-corrected chi connectivity index (χ0v) is 21.5. The lowest BCUT2D eigenvalue weighted by Crippen LogP contribution is -2.45. The van der Waals surface area contributed by atoms with Crippen LogP contribution in [0.15, 0.2) is 36.9 Å². The van der Waals surface area contributed by atoms with Crippen LogP contribution in [0.25, 0.3) is 11.3 Å². The van der Waals surface area contributed by atoms with Crippen LogP contribution in [0, 0.1) is 5.82 Å². The summed E-state index contributed by atoms with van der Waals surface area (Å²) < 4.78 is 77.0. The van der Waals surface area contributed by atoms with Crippen molar-refractivity contribution < 1.29 is 26.7 Å². The molecule has 2 unspecified atom stereocenters. The monoisotopic (exact) mass is 551 g/mol. The number of benzene rings is 1. The van der Waals surface area contributed by atoms with Gasteiger partial charge in [0.05, 0.1) is 36.5 Å². The molecule has 0 aliphatic carbocycles. The topological polar surface area (TPSA) is 71.3 Å². The lowest BCUT2D eigenvalue weighted by atomic mass is 9.94. The van der Waals surface area contributed by atoms with Gasteiger partial charge in [-0.25, -0.2) is 28.7 Å². The van der Waals surface area contributed by atoms with Gasteiger partial charge >= 0.3 is 6.18 Å². The Hall–Kier alpha value is -3.32. The highest BCUT2D eigenvalue weighted by molar-refractivity contribution is 5.60. The van der Waals surface area contributed by atoms with Crippen LogP contribution in [0.2, 0.25) is 0 Å². The number of piperidine rings is 1. The highest BCUT2D eigenvalue weighted by Gasteiger charge is 2.36. The van der Waals surface area contributed by atoms with Crippen LogP contribution in [-0.4, -0.2) is 74.9 Å². The second-order valence-electron chi connectivity index (χ2n) is 9.70. The Labute approximate surface area is 222 Å². The quantitative estimate of drug-likeness (QED) is 0.385. The maximum atomic E-state index is 15.7. The number of hydrogen-bond donors (Lipinski definition) is 1. The van der Waals surface area contributed by atoms with Crippen molar-refractivity contribution >= 4 is 5.82 Å². The van der Waals surface area contributed by atoms with Gasteiger partial charge in [0.15, 0.2) is 11.6 Å². The third kappa shape index (κ3) is 6.14. The predicted molar refractivity (Wildman–Crippen MR) is 134 cm³/mol. The van der Waals surface area contributed by atoms with E-state index < -0.39 is 29.6 Å². The van der Waals surface area contributed by atoms with Crippen molar-refractivity contribution in [3.8, 4) is 17.0 Å². The Morgan fingerprint density at radius 2 is 1.97 bits per heavy atom. The molecule has 0 amide bonds. The number of aromatic nitrogens is 4. The number of halogens is 5. The third-order valence-corrected chi connectivity index (χ3v) is 7.10. The van der Waals surface area contributed by atoms with Gasteiger partial charge in [-0.1, -0.05) is 0 Å². The first kappa shape index (κ1) is 27.3. The van der Waals surface area contributed by atoms with E-state index in [1.165, 1.54) is 18.6 Å². The van der Waals surface area contributed by atoms with Crippen molar-refractivity contribution in [2.24, 2.45) is 0 Å². The fourth-order valence-corrected chi connectivity index (χ4v) is 4.91. The first-order chi connectivity index (χ1) is 18.7. The van der Waals surface area contributed by atoms with Crippen LogP contribution in [0.3, 0.4) is 0 Å². The minimum Gasteiger partial charge on any atom is -0.488 e. The maximum absolute atomic E-state index is 15.7. The number of likely N-dealkylation sites (tertiary alicyclic amines) is 1. The molecule has 13 heteroatoms. The summed E-state index contributed by atoms with van der Waals surface area (Å²) in [6.07, 6.45) is -0.0443. The molecule has 2 aliphatic heterocycles. The molecule has 1 aromatic carbocycles. The molecule has 8 nitrogen and oxygen atoms in total. The zero-order valence-electron chi connectivity index (χ0n) is 21.5. The van der Waals surface area contributed by atoms with Gasteiger partial charge < -0.3 is 14.2 Å². The summed E-state index contributed by atoms with van der Waals surface area (Å²) in [6, 6.07) is 2.83. The summed E-state index contributed by atoms with van der Waals surface area (Å²) in [5.74, 6) is -0.530. The highest BCUT2D eigenvalue weighted by atomic mass is 19.4. The number of nitrogens with one attached hydrogen (secondary N) is 1. The number of nitrogens with zero attached hydrogens (tertiary/aromatic N) is 6. The average Bonchev–Trinajstić information content (AvgIpc) is 3.28. The molecule has 5 rings (SSSR count). The Morgan fingerprint density at radius 1 is 1.15 bits per heavy atom. The Kier molecular flexibility index (Phi) is 7.98. The van der Waals surface area contributed by atoms with Crippen LogP contribution in [0.5, 0.6) is 5.75 Å². The van der Waals surface area contributed by atoms with Crippen molar-refractivity contribution in [3.05, 3.63) is 54.1 Å². The molecule has 2 aliphatic rings. The summed E-state index contributed by atoms with van der Waals surface area (Å²) in [7, 11) is 0. The van der Waals surface area contributed by atoms with E-state index in [1.807, 2.05) is 11.5 Å². The van der Waals surface area contributed by atoms with Crippen molar-refractivity contribution in [2.45, 2.75) is 44.6 Å². The molecule has 2 saturated heterocycles. The van der Waals surface area contributed by atoms with E-state index in [1.54, 1.807) is 11.2 Å². The zero-order chi connectivity index (χ0) is 27.6. The SMILES string of the molecule is CCOc1cncnc1NN1CCC(c2nc(-c3ccc(F)c(C(F)(F)F)c3)cn2CCN2CCC2)C(F)C1. The second-order valence-corrected chi connectivity index (χ2v) is 9.70. The molecule has 0 spiro atoms. The van der Waals surface area contributed by atoms with Crippen molar-refractivity contribution in [2.75, 3.05) is 44.8 Å². The summed E-state index contributed by atoms with van der Waals surface area (Å²) in [5, 5.41) is 1.72. The summed E-state index contributed by atoms with van der Waals surface area (Å²) in [4.78, 5) is 15.0. The number of hydrogen-bond acceptors (Lipinski definition) is 7. The molecule has 0 bridgehead atoms. The fourth-order valence-electron chi connectivity index (χ4n) is 4.91. The average molecular weight is 552 g/mol. The fraction of sp³-hybridized carbons (Fsp3) is 0.500. The normalized spacial score (nSPS) is 20.6. The van der Waals surface area contributed by atoms with Crippen LogP contribution in [0.4, 0.5) is 27.8 Å². The predicted octanol–water partition coefficient (Wildman–Crippen LogP) is 4.76. The molecule has 1 N–H and O–H groups in total. The highest BCUT2D eigenvalue weighted by Crippen LogP contribution is 2.36. The van der Waals surface area contributed by atoms with Crippen LogP contribution >= 0.6 is 0 Å². The molecule has 2 aromatic heterocycles. The van der Waals surface area contributed by atoms with Gasteiger partial charge in [-0.2, -0.15) is 13.2 Å². The van der Waals surface area contributed by atoms with Crippen molar-refractivity contribution in [1.29, 1.82) is 0 Å². The van der Waals surface area contributed by atoms with Gasteiger partial charge in [-0.3, -0.25) is 5.43 Å². The smallest absolute Gasteiger partial charge is 0.419 e. The largest absolute Gasteiger partial charge is 0.488 e.